The van der Waals surface area contributed by atoms with Crippen LogP contribution in [0.3, 0.4) is 0 Å². The van der Waals surface area contributed by atoms with Gasteiger partial charge in [-0.2, -0.15) is 28.4 Å². The average molecular weight is 668 g/mol. The van der Waals surface area contributed by atoms with Crippen molar-refractivity contribution in [1.29, 1.82) is 0 Å². The molecule has 2 amide bonds. The highest BCUT2D eigenvalue weighted by Crippen LogP contribution is 2.42. The van der Waals surface area contributed by atoms with Gasteiger partial charge in [0.15, 0.2) is 5.82 Å². The summed E-state index contributed by atoms with van der Waals surface area (Å²) in [6.45, 7) is 4.89. The van der Waals surface area contributed by atoms with E-state index in [1.807, 2.05) is 18.7 Å². The first kappa shape index (κ1) is 33.0. The van der Waals surface area contributed by atoms with Crippen LogP contribution >= 0.6 is 0 Å². The molecule has 0 spiro atoms. The maximum Gasteiger partial charge on any atom is 0.393 e. The Hall–Kier alpha value is -3.89. The Morgan fingerprint density at radius 3 is 2.81 bits per heavy atom. The number of morpholine rings is 1. The van der Waals surface area contributed by atoms with Crippen molar-refractivity contribution >= 4 is 23.4 Å². The van der Waals surface area contributed by atoms with Gasteiger partial charge in [-0.05, 0) is 45.1 Å². The zero-order chi connectivity index (χ0) is 33.5. The van der Waals surface area contributed by atoms with E-state index >= 15 is 0 Å². The number of alkyl halides is 5. The minimum atomic E-state index is -4.46. The summed E-state index contributed by atoms with van der Waals surface area (Å²) in [6.07, 6.45) is -2.11. The molecule has 0 radical (unpaired) electrons. The van der Waals surface area contributed by atoms with Crippen LogP contribution in [0.15, 0.2) is 18.5 Å². The number of anilines is 1. The lowest BCUT2D eigenvalue weighted by Gasteiger charge is -2.34. The molecule has 3 aromatic rings. The molecular formula is C30H38F5N9O3. The summed E-state index contributed by atoms with van der Waals surface area (Å²) >= 11 is 0. The summed E-state index contributed by atoms with van der Waals surface area (Å²) in [5.74, 6) is -6.73. The zero-order valence-corrected chi connectivity index (χ0v) is 26.1. The number of amides is 2. The van der Waals surface area contributed by atoms with Gasteiger partial charge in [-0.3, -0.25) is 14.3 Å². The van der Waals surface area contributed by atoms with Crippen LogP contribution in [0.5, 0.6) is 0 Å². The van der Waals surface area contributed by atoms with E-state index in [0.717, 1.165) is 0 Å². The smallest absolute Gasteiger partial charge is 0.375 e. The van der Waals surface area contributed by atoms with E-state index in [4.69, 9.17) is 14.8 Å². The second-order valence-corrected chi connectivity index (χ2v) is 12.7. The van der Waals surface area contributed by atoms with Crippen LogP contribution < -0.4 is 15.5 Å². The van der Waals surface area contributed by atoms with Crippen molar-refractivity contribution in [3.05, 3.63) is 35.5 Å². The van der Waals surface area contributed by atoms with E-state index in [-0.39, 0.29) is 49.0 Å². The number of nitrogens with zero attached hydrogens (tertiary/aromatic N) is 7. The number of carbonyl (C=O) groups excluding carboxylic acids is 2. The maximum atomic E-state index is 14.7. The first-order valence-corrected chi connectivity index (χ1v) is 16.0. The largest absolute Gasteiger partial charge is 0.393 e. The second-order valence-electron chi connectivity index (χ2n) is 12.7. The summed E-state index contributed by atoms with van der Waals surface area (Å²) in [4.78, 5) is 37.5. The lowest BCUT2D eigenvalue weighted by atomic mass is 9.80. The molecule has 3 aromatic heterocycles. The van der Waals surface area contributed by atoms with Gasteiger partial charge in [0.1, 0.15) is 11.4 Å². The summed E-state index contributed by atoms with van der Waals surface area (Å²) in [5, 5.41) is 14.1. The summed E-state index contributed by atoms with van der Waals surface area (Å²) in [7, 11) is 0. The SMILES string of the molecule is CCn1nccc1C(=O)N[C@H](c1cn2nc(C[C@H]3C[C@H](C(F)(F)F)CNC3=O)c(N3CCO[C@H](C)C3)nc2n1)[C@@H]1CCCC(F)(F)C1. The number of fused-ring (bicyclic) bond motifs is 1. The molecule has 0 aromatic carbocycles. The number of piperidine rings is 1. The van der Waals surface area contributed by atoms with Crippen molar-refractivity contribution < 1.29 is 36.3 Å². The lowest BCUT2D eigenvalue weighted by Crippen LogP contribution is -2.47. The van der Waals surface area contributed by atoms with E-state index in [1.54, 1.807) is 6.07 Å². The predicted octanol–water partition coefficient (Wildman–Crippen LogP) is 3.72. The standard InChI is InChI=1S/C30H38F5N9O3/c1-3-43-23(6-8-37-43)27(46)39-24(18-5-4-7-29(31,32)13-18)22-16-44-28(38-22)40-25(42-9-10-47-17(2)15-42)21(41-44)12-19-11-20(30(33,34)35)14-36-26(19)45/h6,8,16-20,24H,3-5,7,9-15H2,1-2H3,(H,36,45)(H,39,46)/t17-,18-,19-,20+,24+/m1/s1. The number of halogens is 5. The van der Waals surface area contributed by atoms with E-state index in [2.05, 4.69) is 20.7 Å². The Kier molecular flexibility index (Phi) is 9.11. The van der Waals surface area contributed by atoms with Crippen molar-refractivity contribution in [2.75, 3.05) is 31.1 Å². The van der Waals surface area contributed by atoms with Crippen LogP contribution in [0, 0.1) is 17.8 Å². The van der Waals surface area contributed by atoms with Gasteiger partial charge in [-0.1, -0.05) is 0 Å². The number of hydrogen-bond donors (Lipinski definition) is 2. The van der Waals surface area contributed by atoms with Crippen LogP contribution in [0.25, 0.3) is 5.78 Å². The summed E-state index contributed by atoms with van der Waals surface area (Å²) in [5.41, 5.74) is 0.846. The summed E-state index contributed by atoms with van der Waals surface area (Å²) < 4.78 is 78.7. The molecule has 1 saturated carbocycles. The number of hydrogen-bond acceptors (Lipinski definition) is 8. The highest BCUT2D eigenvalue weighted by Gasteiger charge is 2.45. The van der Waals surface area contributed by atoms with Crippen molar-refractivity contribution in [2.24, 2.45) is 17.8 Å². The molecule has 2 saturated heterocycles. The first-order chi connectivity index (χ1) is 22.3. The van der Waals surface area contributed by atoms with Crippen molar-refractivity contribution in [3.8, 4) is 0 Å². The predicted molar refractivity (Wildman–Crippen MR) is 158 cm³/mol. The highest BCUT2D eigenvalue weighted by atomic mass is 19.4. The van der Waals surface area contributed by atoms with Gasteiger partial charge in [-0.25, -0.2) is 18.3 Å². The first-order valence-electron chi connectivity index (χ1n) is 16.0. The van der Waals surface area contributed by atoms with Gasteiger partial charge in [0.05, 0.1) is 36.6 Å². The molecule has 3 aliphatic rings. The number of ether oxygens (including phenoxy) is 1. The second kappa shape index (κ2) is 13.0. The number of nitrogens with one attached hydrogen (secondary N) is 2. The molecule has 47 heavy (non-hydrogen) atoms. The van der Waals surface area contributed by atoms with E-state index in [1.165, 1.54) is 21.6 Å². The molecule has 12 nitrogen and oxygen atoms in total. The third-order valence-electron chi connectivity index (χ3n) is 9.29. The number of aromatic nitrogens is 6. The minimum Gasteiger partial charge on any atom is -0.375 e. The van der Waals surface area contributed by atoms with Gasteiger partial charge in [0, 0.05) is 57.6 Å². The van der Waals surface area contributed by atoms with Crippen LogP contribution in [-0.2, 0) is 22.5 Å². The molecule has 2 aliphatic heterocycles. The van der Waals surface area contributed by atoms with Gasteiger partial charge in [0.25, 0.3) is 11.7 Å². The summed E-state index contributed by atoms with van der Waals surface area (Å²) in [6, 6.07) is 0.634. The van der Waals surface area contributed by atoms with Crippen molar-refractivity contribution in [2.45, 2.75) is 83.2 Å². The van der Waals surface area contributed by atoms with Crippen molar-refractivity contribution in [3.63, 3.8) is 0 Å². The molecular weight excluding hydrogens is 629 g/mol. The molecule has 5 atom stereocenters. The quantitative estimate of drug-likeness (QED) is 0.348. The number of imidazole rings is 1. The fraction of sp³-hybridized carbons (Fsp3) is 0.667. The third kappa shape index (κ3) is 7.18. The number of aryl methyl sites for hydroxylation is 1. The molecule has 2 N–H and O–H groups in total. The Labute approximate surface area is 267 Å². The molecule has 256 valence electrons. The Balaban J connectivity index is 1.38. The molecule has 6 rings (SSSR count). The molecule has 1 aliphatic carbocycles. The minimum absolute atomic E-state index is 0.105. The molecule has 17 heteroatoms. The number of rotatable bonds is 8. The van der Waals surface area contributed by atoms with Crippen LogP contribution in [0.2, 0.25) is 0 Å². The van der Waals surface area contributed by atoms with Crippen LogP contribution in [-0.4, -0.2) is 85.6 Å². The van der Waals surface area contributed by atoms with Gasteiger partial charge >= 0.3 is 6.18 Å². The third-order valence-corrected chi connectivity index (χ3v) is 9.29. The van der Waals surface area contributed by atoms with Gasteiger partial charge in [0.2, 0.25) is 11.8 Å². The Bertz CT molecular complexity index is 1610. The van der Waals surface area contributed by atoms with Crippen molar-refractivity contribution in [1.82, 2.24) is 40.0 Å². The highest BCUT2D eigenvalue weighted by molar-refractivity contribution is 5.92. The van der Waals surface area contributed by atoms with Crippen LogP contribution in [0.4, 0.5) is 27.8 Å². The van der Waals surface area contributed by atoms with E-state index in [0.29, 0.717) is 44.2 Å². The molecule has 5 heterocycles. The molecule has 0 unspecified atom stereocenters. The van der Waals surface area contributed by atoms with Gasteiger partial charge in [-0.15, -0.1) is 0 Å². The Morgan fingerprint density at radius 2 is 2.09 bits per heavy atom. The zero-order valence-electron chi connectivity index (χ0n) is 26.1. The topological polar surface area (TPSA) is 132 Å². The molecule has 0 bridgehead atoms. The monoisotopic (exact) mass is 667 g/mol. The number of carbonyl (C=O) groups is 2. The molecule has 3 fully saturated rings. The van der Waals surface area contributed by atoms with Crippen LogP contribution in [0.1, 0.15) is 73.9 Å². The lowest BCUT2D eigenvalue weighted by molar-refractivity contribution is -0.183. The fourth-order valence-electron chi connectivity index (χ4n) is 6.89. The maximum absolute atomic E-state index is 14.7. The fourth-order valence-corrected chi connectivity index (χ4v) is 6.89. The average Bonchev–Trinajstić information content (AvgIpc) is 3.66. The Morgan fingerprint density at radius 1 is 1.28 bits per heavy atom. The van der Waals surface area contributed by atoms with E-state index < -0.39 is 60.7 Å². The van der Waals surface area contributed by atoms with E-state index in [9.17, 15) is 31.5 Å². The van der Waals surface area contributed by atoms with Gasteiger partial charge < -0.3 is 20.3 Å². The normalized spacial score (nSPS) is 25.9.